The van der Waals surface area contributed by atoms with Gasteiger partial charge in [-0.05, 0) is 61.0 Å². The summed E-state index contributed by atoms with van der Waals surface area (Å²) in [7, 11) is 1.53. The lowest BCUT2D eigenvalue weighted by atomic mass is 10.0. The number of rotatable bonds is 24. The molecule has 0 saturated carbocycles. The second-order valence-electron chi connectivity index (χ2n) is 12.8. The van der Waals surface area contributed by atoms with Crippen molar-refractivity contribution in [3.63, 3.8) is 0 Å². The summed E-state index contributed by atoms with van der Waals surface area (Å²) in [4.78, 5) is 27.7. The zero-order chi connectivity index (χ0) is 34.7. The maximum Gasteiger partial charge on any atom is 0.257 e. The minimum Gasteiger partial charge on any atom is -0.495 e. The molecule has 0 aliphatic heterocycles. The Balaban J connectivity index is 1.21. The van der Waals surface area contributed by atoms with E-state index in [-0.39, 0.29) is 0 Å². The molecule has 0 bridgehead atoms. The number of anilines is 1. The van der Waals surface area contributed by atoms with E-state index in [0.29, 0.717) is 40.4 Å². The molecule has 4 rings (SSSR count). The summed E-state index contributed by atoms with van der Waals surface area (Å²) in [6.45, 7) is 2.91. The van der Waals surface area contributed by atoms with Crippen LogP contribution in [0.1, 0.15) is 126 Å². The average Bonchev–Trinajstić information content (AvgIpc) is 3.52. The van der Waals surface area contributed by atoms with Crippen LogP contribution in [0.25, 0.3) is 11.0 Å². The van der Waals surface area contributed by atoms with E-state index in [1.165, 1.54) is 102 Å². The molecule has 264 valence electrons. The number of carbonyl (C=O) groups is 2. The molecular weight excluding hydrogens is 680 g/mol. The molecule has 1 unspecified atom stereocenters. The minimum atomic E-state index is -1.30. The third-order valence-corrected chi connectivity index (χ3v) is 9.44. The number of ether oxygens (including phenoxy) is 2. The van der Waals surface area contributed by atoms with Gasteiger partial charge in [-0.15, -0.1) is 5.10 Å². The van der Waals surface area contributed by atoms with Crippen molar-refractivity contribution in [2.24, 2.45) is 0 Å². The molecule has 1 aromatic heterocycles. The molecule has 1 amide bonds. The molecular formula is C40H53BrN4O4. The van der Waals surface area contributed by atoms with Gasteiger partial charge in [0.25, 0.3) is 5.91 Å². The minimum absolute atomic E-state index is 0.369. The summed E-state index contributed by atoms with van der Waals surface area (Å²) in [5.74, 6) is 0.218. The van der Waals surface area contributed by atoms with Gasteiger partial charge in [0.1, 0.15) is 17.0 Å². The summed E-state index contributed by atoms with van der Waals surface area (Å²) in [5, 5.41) is 11.3. The predicted molar refractivity (Wildman–Crippen MR) is 202 cm³/mol. The molecule has 0 radical (unpaired) electrons. The van der Waals surface area contributed by atoms with E-state index >= 15 is 0 Å². The van der Waals surface area contributed by atoms with Gasteiger partial charge in [-0.2, -0.15) is 0 Å². The number of fused-ring (bicyclic) bond motifs is 1. The van der Waals surface area contributed by atoms with Gasteiger partial charge in [0, 0.05) is 10.0 Å². The van der Waals surface area contributed by atoms with Crippen LogP contribution >= 0.6 is 15.9 Å². The molecule has 1 N–H and O–H groups in total. The standard InChI is InChI=1S/C40H53BrN4O4/c1-3-4-5-6-7-8-9-10-11-12-13-14-15-16-17-20-29-49-33-26-23-31(24-27-33)39(46)38(40(47)42-35-21-18-19-22-37(35)48-2)45-36-30-32(41)25-28-34(36)43-44-45/h18-19,21-28,30,38H,3-17,20,29H2,1-2H3,(H,42,47). The summed E-state index contributed by atoms with van der Waals surface area (Å²) < 4.78 is 13.5. The fourth-order valence-corrected chi connectivity index (χ4v) is 6.45. The fourth-order valence-electron chi connectivity index (χ4n) is 6.10. The van der Waals surface area contributed by atoms with Gasteiger partial charge in [0.15, 0.2) is 11.8 Å². The molecule has 49 heavy (non-hydrogen) atoms. The van der Waals surface area contributed by atoms with Crippen molar-refractivity contribution in [2.45, 2.75) is 116 Å². The van der Waals surface area contributed by atoms with E-state index in [1.54, 1.807) is 54.6 Å². The molecule has 4 aromatic rings. The highest BCUT2D eigenvalue weighted by Crippen LogP contribution is 2.28. The first-order valence-corrected chi connectivity index (χ1v) is 19.0. The smallest absolute Gasteiger partial charge is 0.257 e. The largest absolute Gasteiger partial charge is 0.495 e. The van der Waals surface area contributed by atoms with Crippen LogP contribution in [-0.4, -0.2) is 40.4 Å². The summed E-state index contributed by atoms with van der Waals surface area (Å²) in [6.07, 6.45) is 21.3. The Labute approximate surface area is 300 Å². The second kappa shape index (κ2) is 21.4. The van der Waals surface area contributed by atoms with Gasteiger partial charge in [-0.3, -0.25) is 9.59 Å². The third-order valence-electron chi connectivity index (χ3n) is 8.94. The number of carbonyl (C=O) groups excluding carboxylic acids is 2. The number of para-hydroxylation sites is 2. The van der Waals surface area contributed by atoms with Crippen molar-refractivity contribution >= 4 is 44.3 Å². The van der Waals surface area contributed by atoms with Crippen LogP contribution in [0.4, 0.5) is 5.69 Å². The highest BCUT2D eigenvalue weighted by atomic mass is 79.9. The Hall–Kier alpha value is -3.72. The van der Waals surface area contributed by atoms with E-state index in [4.69, 9.17) is 9.47 Å². The Bertz CT molecular complexity index is 1570. The molecule has 8 nitrogen and oxygen atoms in total. The number of ketones is 1. The lowest BCUT2D eigenvalue weighted by Crippen LogP contribution is -2.33. The molecule has 1 atom stereocenters. The molecule has 0 fully saturated rings. The molecule has 0 spiro atoms. The average molecular weight is 734 g/mol. The Kier molecular flexibility index (Phi) is 16.6. The van der Waals surface area contributed by atoms with E-state index in [0.717, 1.165) is 17.3 Å². The van der Waals surface area contributed by atoms with Crippen LogP contribution in [0.5, 0.6) is 11.5 Å². The molecule has 0 saturated heterocycles. The number of nitrogens with one attached hydrogen (secondary N) is 1. The molecule has 3 aromatic carbocycles. The highest BCUT2D eigenvalue weighted by Gasteiger charge is 2.33. The topological polar surface area (TPSA) is 95.3 Å². The quantitative estimate of drug-likeness (QED) is 0.0438. The second-order valence-corrected chi connectivity index (χ2v) is 13.7. The van der Waals surface area contributed by atoms with Gasteiger partial charge in [-0.1, -0.05) is 137 Å². The summed E-state index contributed by atoms with van der Waals surface area (Å²) in [6, 6.07) is 18.1. The Morgan fingerprint density at radius 3 is 1.98 bits per heavy atom. The van der Waals surface area contributed by atoms with E-state index in [1.807, 2.05) is 12.1 Å². The van der Waals surface area contributed by atoms with E-state index < -0.39 is 17.7 Å². The normalized spacial score (nSPS) is 11.8. The molecule has 0 aliphatic carbocycles. The van der Waals surface area contributed by atoms with Crippen LogP contribution < -0.4 is 14.8 Å². The predicted octanol–water partition coefficient (Wildman–Crippen LogP) is 10.9. The monoisotopic (exact) mass is 732 g/mol. The Morgan fingerprint density at radius 2 is 1.37 bits per heavy atom. The maximum absolute atomic E-state index is 14.0. The number of methoxy groups -OCH3 is 1. The lowest BCUT2D eigenvalue weighted by molar-refractivity contribution is -0.118. The van der Waals surface area contributed by atoms with Crippen LogP contribution in [0.15, 0.2) is 71.2 Å². The SMILES string of the molecule is CCCCCCCCCCCCCCCCCCOc1ccc(C(=O)C(C(=O)Nc2ccccc2OC)n2nnc3ccc(Br)cc32)cc1. The molecule has 0 aliphatic rings. The van der Waals surface area contributed by atoms with Gasteiger partial charge in [-0.25, -0.2) is 4.68 Å². The fraction of sp³-hybridized carbons (Fsp3) is 0.500. The number of Topliss-reactive ketones (excluding diaryl/α,β-unsaturated/α-hetero) is 1. The van der Waals surface area contributed by atoms with Crippen LogP contribution in [0.2, 0.25) is 0 Å². The zero-order valence-corrected chi connectivity index (χ0v) is 30.9. The van der Waals surface area contributed by atoms with Crippen molar-refractivity contribution in [2.75, 3.05) is 19.0 Å². The molecule has 9 heteroatoms. The van der Waals surface area contributed by atoms with Crippen LogP contribution in [0, 0.1) is 0 Å². The van der Waals surface area contributed by atoms with Gasteiger partial charge in [0.05, 0.1) is 24.9 Å². The lowest BCUT2D eigenvalue weighted by Gasteiger charge is -2.18. The summed E-state index contributed by atoms with van der Waals surface area (Å²) in [5.41, 5.74) is 1.95. The van der Waals surface area contributed by atoms with Gasteiger partial charge in [0.2, 0.25) is 0 Å². The Morgan fingerprint density at radius 1 is 0.776 bits per heavy atom. The highest BCUT2D eigenvalue weighted by molar-refractivity contribution is 9.10. The number of hydrogen-bond donors (Lipinski definition) is 1. The van der Waals surface area contributed by atoms with Crippen molar-refractivity contribution in [3.05, 3.63) is 76.8 Å². The van der Waals surface area contributed by atoms with Crippen molar-refractivity contribution in [1.29, 1.82) is 0 Å². The van der Waals surface area contributed by atoms with Crippen LogP contribution in [0.3, 0.4) is 0 Å². The first-order valence-electron chi connectivity index (χ1n) is 18.2. The first kappa shape index (κ1) is 38.1. The first-order chi connectivity index (χ1) is 24.0. The molecule has 1 heterocycles. The number of hydrogen-bond acceptors (Lipinski definition) is 6. The van der Waals surface area contributed by atoms with Crippen molar-refractivity contribution in [1.82, 2.24) is 15.0 Å². The van der Waals surface area contributed by atoms with Crippen molar-refractivity contribution in [3.8, 4) is 11.5 Å². The number of unbranched alkanes of at least 4 members (excludes halogenated alkanes) is 15. The van der Waals surface area contributed by atoms with E-state index in [9.17, 15) is 9.59 Å². The maximum atomic E-state index is 14.0. The zero-order valence-electron chi connectivity index (χ0n) is 29.3. The van der Waals surface area contributed by atoms with Gasteiger partial charge < -0.3 is 14.8 Å². The van der Waals surface area contributed by atoms with E-state index in [2.05, 4.69) is 38.5 Å². The van der Waals surface area contributed by atoms with Crippen molar-refractivity contribution < 1.29 is 19.1 Å². The summed E-state index contributed by atoms with van der Waals surface area (Å²) >= 11 is 3.48. The number of nitrogens with zero attached hydrogens (tertiary/aromatic N) is 3. The third kappa shape index (κ3) is 12.3. The number of aromatic nitrogens is 3. The van der Waals surface area contributed by atoms with Crippen LogP contribution in [-0.2, 0) is 4.79 Å². The number of amides is 1. The number of halogens is 1. The van der Waals surface area contributed by atoms with Gasteiger partial charge >= 0.3 is 0 Å². The number of benzene rings is 3.